The Morgan fingerprint density at radius 3 is 2.60 bits per heavy atom. The van der Waals surface area contributed by atoms with Crippen molar-refractivity contribution in [2.45, 2.75) is 6.92 Å². The third kappa shape index (κ3) is 2.49. The molecule has 1 N–H and O–H groups in total. The lowest BCUT2D eigenvalue weighted by molar-refractivity contribution is -0.115. The zero-order valence-electron chi connectivity index (χ0n) is 11.0. The average molecular weight is 263 g/mol. The van der Waals surface area contributed by atoms with Crippen LogP contribution in [0.5, 0.6) is 0 Å². The minimum absolute atomic E-state index is 0.203. The van der Waals surface area contributed by atoms with Gasteiger partial charge in [-0.15, -0.1) is 0 Å². The van der Waals surface area contributed by atoms with Gasteiger partial charge in [0.1, 0.15) is 11.5 Å². The van der Waals surface area contributed by atoms with Crippen molar-refractivity contribution in [1.29, 1.82) is 0 Å². The maximum absolute atomic E-state index is 11.9. The summed E-state index contributed by atoms with van der Waals surface area (Å²) in [6.45, 7) is 2.02. The molecule has 1 aromatic heterocycles. The summed E-state index contributed by atoms with van der Waals surface area (Å²) in [5, 5.41) is 2.77. The van der Waals surface area contributed by atoms with Gasteiger partial charge in [0.2, 0.25) is 0 Å². The zero-order chi connectivity index (χ0) is 13.9. The molecule has 1 aliphatic heterocycles. The van der Waals surface area contributed by atoms with Crippen LogP contribution >= 0.6 is 0 Å². The summed E-state index contributed by atoms with van der Waals surface area (Å²) >= 11 is 0. The van der Waals surface area contributed by atoms with Crippen molar-refractivity contribution in [1.82, 2.24) is 10.3 Å². The smallest absolute Gasteiger partial charge is 0.275 e. The fourth-order valence-electron chi connectivity index (χ4n) is 1.92. The normalized spacial score (nSPS) is 16.1. The fraction of sp³-hybridized carbons (Fsp3) is 0.0625. The molecule has 2 heterocycles. The molecule has 20 heavy (non-hydrogen) atoms. The van der Waals surface area contributed by atoms with Gasteiger partial charge in [-0.1, -0.05) is 35.9 Å². The highest BCUT2D eigenvalue weighted by Crippen LogP contribution is 2.14. The number of hydrogen-bond acceptors (Lipinski definition) is 3. The van der Waals surface area contributed by atoms with Crippen LogP contribution in [0.4, 0.5) is 0 Å². The van der Waals surface area contributed by atoms with Gasteiger partial charge in [-0.2, -0.15) is 0 Å². The third-order valence-corrected chi connectivity index (χ3v) is 2.99. The van der Waals surface area contributed by atoms with Crippen molar-refractivity contribution in [3.63, 3.8) is 0 Å². The van der Waals surface area contributed by atoms with Crippen molar-refractivity contribution >= 4 is 17.8 Å². The first-order chi connectivity index (χ1) is 9.72. The SMILES string of the molecule is Cc1ccc(C2=N/C(=C/c3ccccn3)C(=O)N2)cc1. The van der Waals surface area contributed by atoms with Crippen LogP contribution < -0.4 is 5.32 Å². The molecule has 1 amide bonds. The van der Waals surface area contributed by atoms with Crippen LogP contribution in [-0.2, 0) is 4.79 Å². The highest BCUT2D eigenvalue weighted by atomic mass is 16.2. The quantitative estimate of drug-likeness (QED) is 0.845. The molecule has 0 unspecified atom stereocenters. The van der Waals surface area contributed by atoms with Gasteiger partial charge < -0.3 is 5.32 Å². The number of aliphatic imine (C=N–C) groups is 1. The van der Waals surface area contributed by atoms with Crippen molar-refractivity contribution in [3.8, 4) is 0 Å². The van der Waals surface area contributed by atoms with Crippen LogP contribution in [0.2, 0.25) is 0 Å². The monoisotopic (exact) mass is 263 g/mol. The Balaban J connectivity index is 1.93. The number of aryl methyl sites for hydroxylation is 1. The van der Waals surface area contributed by atoms with Crippen LogP contribution in [0.25, 0.3) is 6.08 Å². The molecule has 0 saturated carbocycles. The Morgan fingerprint density at radius 2 is 1.90 bits per heavy atom. The first-order valence-corrected chi connectivity index (χ1v) is 6.32. The van der Waals surface area contributed by atoms with E-state index in [0.29, 0.717) is 17.2 Å². The van der Waals surface area contributed by atoms with Gasteiger partial charge in [-0.25, -0.2) is 4.99 Å². The maximum Gasteiger partial charge on any atom is 0.275 e. The Morgan fingerprint density at radius 1 is 1.10 bits per heavy atom. The van der Waals surface area contributed by atoms with Gasteiger partial charge in [0, 0.05) is 11.8 Å². The van der Waals surface area contributed by atoms with E-state index < -0.39 is 0 Å². The van der Waals surface area contributed by atoms with Gasteiger partial charge in [-0.05, 0) is 25.1 Å². The largest absolute Gasteiger partial charge is 0.305 e. The van der Waals surface area contributed by atoms with Crippen molar-refractivity contribution < 1.29 is 4.79 Å². The Bertz CT molecular complexity index is 700. The number of carbonyl (C=O) groups excluding carboxylic acids is 1. The Kier molecular flexibility index (Phi) is 3.13. The standard InChI is InChI=1S/C16H13N3O/c1-11-5-7-12(8-6-11)15-18-14(16(20)19-15)10-13-4-2-3-9-17-13/h2-10H,1H3,(H,18,19,20)/b14-10+. The molecular formula is C16H13N3O. The summed E-state index contributed by atoms with van der Waals surface area (Å²) in [6, 6.07) is 13.4. The summed E-state index contributed by atoms with van der Waals surface area (Å²) in [7, 11) is 0. The predicted molar refractivity (Wildman–Crippen MR) is 78.1 cm³/mol. The van der Waals surface area contributed by atoms with Crippen LogP contribution in [0.1, 0.15) is 16.8 Å². The lowest BCUT2D eigenvalue weighted by atomic mass is 10.1. The number of nitrogens with zero attached hydrogens (tertiary/aromatic N) is 2. The molecule has 0 fully saturated rings. The summed E-state index contributed by atoms with van der Waals surface area (Å²) in [5.74, 6) is 0.378. The van der Waals surface area contributed by atoms with E-state index in [1.807, 2.05) is 49.4 Å². The molecule has 0 aliphatic carbocycles. The lowest BCUT2D eigenvalue weighted by Gasteiger charge is -2.00. The van der Waals surface area contributed by atoms with Crippen LogP contribution in [0.15, 0.2) is 59.4 Å². The number of carbonyl (C=O) groups is 1. The van der Waals surface area contributed by atoms with E-state index in [1.54, 1.807) is 12.3 Å². The predicted octanol–water partition coefficient (Wildman–Crippen LogP) is 2.31. The van der Waals surface area contributed by atoms with Crippen LogP contribution in [0.3, 0.4) is 0 Å². The molecule has 98 valence electrons. The molecule has 3 rings (SSSR count). The van der Waals surface area contributed by atoms with Crippen LogP contribution in [0, 0.1) is 6.92 Å². The Labute approximate surface area is 116 Å². The number of aromatic nitrogens is 1. The number of nitrogens with one attached hydrogen (secondary N) is 1. The molecule has 2 aromatic rings. The second-order valence-electron chi connectivity index (χ2n) is 4.56. The first-order valence-electron chi connectivity index (χ1n) is 6.32. The summed E-state index contributed by atoms with van der Waals surface area (Å²) < 4.78 is 0. The molecule has 4 heteroatoms. The van der Waals surface area contributed by atoms with E-state index in [1.165, 1.54) is 5.56 Å². The van der Waals surface area contributed by atoms with Gasteiger partial charge in [0.25, 0.3) is 5.91 Å². The topological polar surface area (TPSA) is 54.4 Å². The number of pyridine rings is 1. The third-order valence-electron chi connectivity index (χ3n) is 2.99. The minimum atomic E-state index is -0.203. The fourth-order valence-corrected chi connectivity index (χ4v) is 1.92. The molecule has 0 bridgehead atoms. The molecular weight excluding hydrogens is 250 g/mol. The van der Waals surface area contributed by atoms with E-state index in [9.17, 15) is 4.79 Å². The number of hydrogen-bond donors (Lipinski definition) is 1. The maximum atomic E-state index is 11.9. The molecule has 1 aliphatic rings. The number of benzene rings is 1. The van der Waals surface area contributed by atoms with Gasteiger partial charge >= 0.3 is 0 Å². The van der Waals surface area contributed by atoms with E-state index in [2.05, 4.69) is 15.3 Å². The van der Waals surface area contributed by atoms with Gasteiger partial charge in [0.15, 0.2) is 0 Å². The summed E-state index contributed by atoms with van der Waals surface area (Å²) in [6.07, 6.45) is 3.36. The summed E-state index contributed by atoms with van der Waals surface area (Å²) in [4.78, 5) is 20.4. The number of rotatable bonds is 2. The van der Waals surface area contributed by atoms with Crippen molar-refractivity contribution in [2.75, 3.05) is 0 Å². The zero-order valence-corrected chi connectivity index (χ0v) is 11.0. The highest BCUT2D eigenvalue weighted by Gasteiger charge is 2.20. The second kappa shape index (κ2) is 5.09. The molecule has 0 spiro atoms. The van der Waals surface area contributed by atoms with E-state index in [0.717, 1.165) is 5.56 Å². The minimum Gasteiger partial charge on any atom is -0.305 e. The number of amides is 1. The lowest BCUT2D eigenvalue weighted by Crippen LogP contribution is -2.24. The molecule has 0 saturated heterocycles. The van der Waals surface area contributed by atoms with Gasteiger partial charge in [-0.3, -0.25) is 9.78 Å². The van der Waals surface area contributed by atoms with Crippen LogP contribution in [-0.4, -0.2) is 16.7 Å². The van der Waals surface area contributed by atoms with E-state index in [4.69, 9.17) is 0 Å². The van der Waals surface area contributed by atoms with E-state index in [-0.39, 0.29) is 5.91 Å². The van der Waals surface area contributed by atoms with Crippen molar-refractivity contribution in [3.05, 3.63) is 71.2 Å². The molecule has 0 radical (unpaired) electrons. The van der Waals surface area contributed by atoms with Crippen molar-refractivity contribution in [2.24, 2.45) is 4.99 Å². The molecule has 1 aromatic carbocycles. The molecule has 4 nitrogen and oxygen atoms in total. The van der Waals surface area contributed by atoms with E-state index >= 15 is 0 Å². The highest BCUT2D eigenvalue weighted by molar-refractivity contribution is 6.19. The second-order valence-corrected chi connectivity index (χ2v) is 4.56. The average Bonchev–Trinajstić information content (AvgIpc) is 2.82. The molecule has 0 atom stereocenters. The number of amidine groups is 1. The van der Waals surface area contributed by atoms with Gasteiger partial charge in [0.05, 0.1) is 5.69 Å². The first kappa shape index (κ1) is 12.3. The Hall–Kier alpha value is -2.75. The summed E-state index contributed by atoms with van der Waals surface area (Å²) in [5.41, 5.74) is 3.15.